The van der Waals surface area contributed by atoms with Crippen molar-refractivity contribution in [3.8, 4) is 5.75 Å². The molecule has 3 rings (SSSR count). The van der Waals surface area contributed by atoms with E-state index in [1.807, 2.05) is 0 Å². The Hall–Kier alpha value is -2.41. The van der Waals surface area contributed by atoms with Gasteiger partial charge in [-0.2, -0.15) is 0 Å². The summed E-state index contributed by atoms with van der Waals surface area (Å²) in [6.07, 6.45) is 1.04. The zero-order valence-electron chi connectivity index (χ0n) is 12.2. The molecule has 0 spiro atoms. The summed E-state index contributed by atoms with van der Waals surface area (Å²) in [6, 6.07) is 6.33. The molecule has 1 aromatic heterocycles. The molecule has 1 aromatic carbocycles. The predicted molar refractivity (Wildman–Crippen MR) is 76.2 cm³/mol. The van der Waals surface area contributed by atoms with Crippen LogP contribution in [0.1, 0.15) is 10.6 Å². The predicted octanol–water partition coefficient (Wildman–Crippen LogP) is 2.48. The van der Waals surface area contributed by atoms with Crippen molar-refractivity contribution in [2.24, 2.45) is 0 Å². The van der Waals surface area contributed by atoms with E-state index in [0.29, 0.717) is 19.7 Å². The second kappa shape index (κ2) is 6.78. The fourth-order valence-corrected chi connectivity index (χ4v) is 2.34. The van der Waals surface area contributed by atoms with Gasteiger partial charge in [-0.05, 0) is 24.3 Å². The maximum Gasteiger partial charge on any atom is 0.289 e. The van der Waals surface area contributed by atoms with Gasteiger partial charge in [0.15, 0.2) is 17.3 Å². The van der Waals surface area contributed by atoms with Crippen molar-refractivity contribution < 1.29 is 27.5 Å². The van der Waals surface area contributed by atoms with Crippen molar-refractivity contribution in [2.75, 3.05) is 26.3 Å². The molecule has 1 aliphatic heterocycles. The number of rotatable bonds is 4. The van der Waals surface area contributed by atoms with E-state index in [1.165, 1.54) is 12.3 Å². The van der Waals surface area contributed by atoms with Crippen molar-refractivity contribution in [2.45, 2.75) is 6.10 Å². The topological polar surface area (TPSA) is 51.9 Å². The van der Waals surface area contributed by atoms with Crippen LogP contribution in [0.25, 0.3) is 0 Å². The summed E-state index contributed by atoms with van der Waals surface area (Å²) in [5.41, 5.74) is 0. The first-order valence-electron chi connectivity index (χ1n) is 7.16. The smallest absolute Gasteiger partial charge is 0.289 e. The van der Waals surface area contributed by atoms with Crippen LogP contribution in [0.2, 0.25) is 0 Å². The van der Waals surface area contributed by atoms with Gasteiger partial charge in [-0.25, -0.2) is 8.78 Å². The van der Waals surface area contributed by atoms with Crippen LogP contribution in [0.4, 0.5) is 8.78 Å². The molecule has 1 aliphatic rings. The zero-order valence-corrected chi connectivity index (χ0v) is 12.2. The van der Waals surface area contributed by atoms with Crippen LogP contribution >= 0.6 is 0 Å². The van der Waals surface area contributed by atoms with Gasteiger partial charge in [0.05, 0.1) is 19.4 Å². The summed E-state index contributed by atoms with van der Waals surface area (Å²) in [7, 11) is 0. The van der Waals surface area contributed by atoms with Gasteiger partial charge in [0.1, 0.15) is 18.5 Å². The molecule has 2 heterocycles. The summed E-state index contributed by atoms with van der Waals surface area (Å²) in [5, 5.41) is 0. The van der Waals surface area contributed by atoms with Crippen molar-refractivity contribution >= 4 is 5.91 Å². The normalized spacial score (nSPS) is 18.0. The van der Waals surface area contributed by atoms with Crippen LogP contribution in [0, 0.1) is 11.6 Å². The maximum atomic E-state index is 13.5. The van der Waals surface area contributed by atoms with Gasteiger partial charge in [-0.3, -0.25) is 4.79 Å². The number of amides is 1. The number of benzene rings is 1. The minimum absolute atomic E-state index is 0.0514. The van der Waals surface area contributed by atoms with Crippen LogP contribution in [-0.2, 0) is 4.74 Å². The second-order valence-electron chi connectivity index (χ2n) is 5.11. The molecule has 5 nitrogen and oxygen atoms in total. The Kier molecular flexibility index (Phi) is 4.57. The lowest BCUT2D eigenvalue weighted by Gasteiger charge is -2.32. The molecule has 1 fully saturated rings. The van der Waals surface area contributed by atoms with Gasteiger partial charge < -0.3 is 18.8 Å². The molecular weight excluding hydrogens is 308 g/mol. The first kappa shape index (κ1) is 15.5. The van der Waals surface area contributed by atoms with Crippen LogP contribution in [0.15, 0.2) is 41.0 Å². The number of ether oxygens (including phenoxy) is 2. The highest BCUT2D eigenvalue weighted by Gasteiger charge is 2.27. The van der Waals surface area contributed by atoms with Crippen molar-refractivity contribution in [1.29, 1.82) is 0 Å². The van der Waals surface area contributed by atoms with E-state index < -0.39 is 17.7 Å². The summed E-state index contributed by atoms with van der Waals surface area (Å²) in [6.45, 7) is 1.17. The van der Waals surface area contributed by atoms with Gasteiger partial charge in [0, 0.05) is 12.6 Å². The number of carbonyl (C=O) groups excluding carboxylic acids is 1. The molecule has 7 heteroatoms. The van der Waals surface area contributed by atoms with Crippen molar-refractivity contribution in [3.05, 3.63) is 54.0 Å². The van der Waals surface area contributed by atoms with E-state index in [0.717, 1.165) is 12.1 Å². The minimum atomic E-state index is -0.774. The third-order valence-corrected chi connectivity index (χ3v) is 3.48. The third kappa shape index (κ3) is 3.68. The standard InChI is InChI=1S/C16H15F2NO4/c17-11-3-4-14(13(18)8-11)23-10-12-9-19(5-7-21-12)16(20)15-2-1-6-22-15/h1-4,6,8,12H,5,7,9-10H2. The lowest BCUT2D eigenvalue weighted by molar-refractivity contribution is -0.0412. The second-order valence-corrected chi connectivity index (χ2v) is 5.11. The molecular formula is C16H15F2NO4. The van der Waals surface area contributed by atoms with E-state index in [1.54, 1.807) is 17.0 Å². The highest BCUT2D eigenvalue weighted by molar-refractivity contribution is 5.91. The van der Waals surface area contributed by atoms with Crippen LogP contribution in [0.5, 0.6) is 5.75 Å². The average molecular weight is 323 g/mol. The molecule has 0 bridgehead atoms. The lowest BCUT2D eigenvalue weighted by Crippen LogP contribution is -2.47. The fraction of sp³-hybridized carbons (Fsp3) is 0.312. The number of furan rings is 1. The van der Waals surface area contributed by atoms with Gasteiger partial charge in [-0.1, -0.05) is 0 Å². The Balaban J connectivity index is 1.57. The molecule has 1 saturated heterocycles. The molecule has 0 N–H and O–H groups in total. The molecule has 0 radical (unpaired) electrons. The molecule has 122 valence electrons. The Morgan fingerprint density at radius 3 is 2.96 bits per heavy atom. The quantitative estimate of drug-likeness (QED) is 0.867. The largest absolute Gasteiger partial charge is 0.488 e. The summed E-state index contributed by atoms with van der Waals surface area (Å²) in [5.74, 6) is -1.46. The molecule has 2 aromatic rings. The minimum Gasteiger partial charge on any atom is -0.488 e. The molecule has 1 amide bonds. The Morgan fingerprint density at radius 1 is 1.35 bits per heavy atom. The third-order valence-electron chi connectivity index (χ3n) is 3.48. The fourth-order valence-electron chi connectivity index (χ4n) is 2.34. The number of hydrogen-bond acceptors (Lipinski definition) is 4. The van der Waals surface area contributed by atoms with Crippen molar-refractivity contribution in [1.82, 2.24) is 4.90 Å². The first-order valence-corrected chi connectivity index (χ1v) is 7.16. The Morgan fingerprint density at radius 2 is 2.22 bits per heavy atom. The number of morpholine rings is 1. The number of nitrogens with zero attached hydrogens (tertiary/aromatic N) is 1. The van der Waals surface area contributed by atoms with E-state index >= 15 is 0 Å². The summed E-state index contributed by atoms with van der Waals surface area (Å²) < 4.78 is 42.3. The molecule has 1 atom stereocenters. The van der Waals surface area contributed by atoms with Crippen LogP contribution in [-0.4, -0.2) is 43.2 Å². The molecule has 1 unspecified atom stereocenters. The molecule has 0 aliphatic carbocycles. The van der Waals surface area contributed by atoms with Crippen LogP contribution < -0.4 is 4.74 Å². The highest BCUT2D eigenvalue weighted by Crippen LogP contribution is 2.19. The SMILES string of the molecule is O=C(c1ccco1)N1CCOC(COc2ccc(F)cc2F)C1. The van der Waals surface area contributed by atoms with E-state index in [4.69, 9.17) is 13.9 Å². The van der Waals surface area contributed by atoms with E-state index in [-0.39, 0.29) is 24.0 Å². The van der Waals surface area contributed by atoms with Crippen molar-refractivity contribution in [3.63, 3.8) is 0 Å². The van der Waals surface area contributed by atoms with Gasteiger partial charge in [0.25, 0.3) is 5.91 Å². The van der Waals surface area contributed by atoms with Crippen LogP contribution in [0.3, 0.4) is 0 Å². The number of halogens is 2. The van der Waals surface area contributed by atoms with E-state index in [2.05, 4.69) is 0 Å². The Labute approximate surface area is 131 Å². The summed E-state index contributed by atoms with van der Waals surface area (Å²) >= 11 is 0. The van der Waals surface area contributed by atoms with Gasteiger partial charge in [0.2, 0.25) is 0 Å². The first-order chi connectivity index (χ1) is 11.1. The lowest BCUT2D eigenvalue weighted by atomic mass is 10.2. The van der Waals surface area contributed by atoms with Gasteiger partial charge >= 0.3 is 0 Å². The zero-order chi connectivity index (χ0) is 16.2. The highest BCUT2D eigenvalue weighted by atomic mass is 19.1. The average Bonchev–Trinajstić information content (AvgIpc) is 3.08. The number of carbonyl (C=O) groups is 1. The molecule has 0 saturated carbocycles. The maximum absolute atomic E-state index is 13.5. The van der Waals surface area contributed by atoms with E-state index in [9.17, 15) is 13.6 Å². The van der Waals surface area contributed by atoms with Gasteiger partial charge in [-0.15, -0.1) is 0 Å². The number of hydrogen-bond donors (Lipinski definition) is 0. The summed E-state index contributed by atoms with van der Waals surface area (Å²) in [4.78, 5) is 13.8. The monoisotopic (exact) mass is 323 g/mol. The Bertz CT molecular complexity index is 675. The molecule has 23 heavy (non-hydrogen) atoms.